The van der Waals surface area contributed by atoms with Gasteiger partial charge in [0, 0.05) is 20.5 Å². The molecule has 2 aromatic rings. The van der Waals surface area contributed by atoms with Crippen molar-refractivity contribution in [2.24, 2.45) is 11.8 Å². The summed E-state index contributed by atoms with van der Waals surface area (Å²) in [4.78, 5) is 77.0. The number of ketones is 1. The van der Waals surface area contributed by atoms with E-state index in [1.54, 1.807) is 27.9 Å². The van der Waals surface area contributed by atoms with Crippen LogP contribution in [0.3, 0.4) is 0 Å². The van der Waals surface area contributed by atoms with Crippen LogP contribution in [0.15, 0.2) is 42.5 Å². The molecule has 5 N–H and O–H groups in total. The van der Waals surface area contributed by atoms with Gasteiger partial charge < -0.3 is 31.3 Å². The number of hydrogen-bond donors (Lipinski definition) is 5. The average Bonchev–Trinajstić information content (AvgIpc) is 2.96. The maximum atomic E-state index is 13.1. The lowest BCUT2D eigenvalue weighted by molar-refractivity contribution is -0.141. The summed E-state index contributed by atoms with van der Waals surface area (Å²) in [7, 11) is 3.15. The van der Waals surface area contributed by atoms with E-state index in [-0.39, 0.29) is 24.7 Å². The molecule has 0 radical (unpaired) electrons. The predicted molar refractivity (Wildman–Crippen MR) is 162 cm³/mol. The number of hydrogen-bond acceptors (Lipinski definition) is 6. The van der Waals surface area contributed by atoms with Crippen LogP contribution >= 0.6 is 0 Å². The highest BCUT2D eigenvalue weighted by Crippen LogP contribution is 2.17. The quantitative estimate of drug-likeness (QED) is 0.195. The molecule has 0 aliphatic heterocycles. The first-order valence-corrected chi connectivity index (χ1v) is 14.3. The smallest absolute Gasteiger partial charge is 0.405 e. The molecule has 0 saturated heterocycles. The molecule has 5 amide bonds. The van der Waals surface area contributed by atoms with Gasteiger partial charge in [0.1, 0.15) is 12.1 Å². The number of benzene rings is 2. The van der Waals surface area contributed by atoms with Crippen molar-refractivity contribution in [2.75, 3.05) is 20.6 Å². The van der Waals surface area contributed by atoms with Crippen molar-refractivity contribution in [3.8, 4) is 0 Å². The van der Waals surface area contributed by atoms with Crippen LogP contribution in [0.25, 0.3) is 10.8 Å². The summed E-state index contributed by atoms with van der Waals surface area (Å²) in [5.74, 6) is -4.26. The Kier molecular flexibility index (Phi) is 13.1. The lowest BCUT2D eigenvalue weighted by Gasteiger charge is -2.26. The molecule has 0 bridgehead atoms. The fourth-order valence-electron chi connectivity index (χ4n) is 4.56. The molecule has 234 valence electrons. The largest absolute Gasteiger partial charge is 0.465 e. The summed E-state index contributed by atoms with van der Waals surface area (Å²) < 4.78 is 0. The van der Waals surface area contributed by atoms with Crippen LogP contribution in [0.1, 0.15) is 46.1 Å². The highest BCUT2D eigenvalue weighted by molar-refractivity contribution is 6.38. The highest BCUT2D eigenvalue weighted by Gasteiger charge is 2.34. The van der Waals surface area contributed by atoms with Gasteiger partial charge in [0.05, 0.1) is 12.6 Å². The number of nitrogens with one attached hydrogen (secondary N) is 4. The maximum absolute atomic E-state index is 13.1. The number of amides is 5. The van der Waals surface area contributed by atoms with E-state index in [2.05, 4.69) is 21.3 Å². The van der Waals surface area contributed by atoms with Crippen LogP contribution in [0.2, 0.25) is 0 Å². The first-order chi connectivity index (χ1) is 20.2. The minimum absolute atomic E-state index is 0.0217. The second kappa shape index (κ2) is 16.2. The van der Waals surface area contributed by atoms with Gasteiger partial charge in [-0.15, -0.1) is 0 Å². The van der Waals surface area contributed by atoms with Crippen LogP contribution in [0, 0.1) is 11.8 Å². The van der Waals surface area contributed by atoms with E-state index in [1.165, 1.54) is 4.90 Å². The van der Waals surface area contributed by atoms with Crippen LogP contribution in [-0.4, -0.2) is 84.3 Å². The molecule has 0 heterocycles. The first-order valence-electron chi connectivity index (χ1n) is 14.3. The van der Waals surface area contributed by atoms with Crippen LogP contribution < -0.4 is 21.3 Å². The van der Waals surface area contributed by atoms with E-state index in [0.29, 0.717) is 6.42 Å². The van der Waals surface area contributed by atoms with Gasteiger partial charge in [0.2, 0.25) is 23.5 Å². The van der Waals surface area contributed by atoms with Crippen molar-refractivity contribution < 1.29 is 33.9 Å². The molecule has 4 atom stereocenters. The van der Waals surface area contributed by atoms with Crippen molar-refractivity contribution in [3.05, 3.63) is 48.0 Å². The minimum Gasteiger partial charge on any atom is -0.465 e. The third kappa shape index (κ3) is 10.7. The molecule has 0 spiro atoms. The Balaban J connectivity index is 2.08. The number of carbonyl (C=O) groups excluding carboxylic acids is 5. The lowest BCUT2D eigenvalue weighted by Crippen LogP contribution is -2.56. The normalized spacial score (nSPS) is 13.7. The molecular formula is C31H43N5O7. The predicted octanol–water partition coefficient (Wildman–Crippen LogP) is 1.85. The highest BCUT2D eigenvalue weighted by atomic mass is 16.4. The zero-order valence-electron chi connectivity index (χ0n) is 25.6. The number of rotatable bonds is 15. The molecule has 0 aromatic heterocycles. The minimum atomic E-state index is -1.39. The van der Waals surface area contributed by atoms with Gasteiger partial charge in [-0.2, -0.15) is 0 Å². The fraction of sp³-hybridized carbons (Fsp3) is 0.484. The van der Waals surface area contributed by atoms with Gasteiger partial charge in [0.25, 0.3) is 5.91 Å². The van der Waals surface area contributed by atoms with E-state index in [4.69, 9.17) is 5.11 Å². The molecule has 0 fully saturated rings. The number of carboxylic acid groups (broad SMARTS) is 1. The van der Waals surface area contributed by atoms with E-state index < -0.39 is 60.2 Å². The molecular weight excluding hydrogens is 554 g/mol. The van der Waals surface area contributed by atoms with Crippen molar-refractivity contribution in [3.63, 3.8) is 0 Å². The van der Waals surface area contributed by atoms with Crippen molar-refractivity contribution in [1.82, 2.24) is 26.2 Å². The van der Waals surface area contributed by atoms with Crippen LogP contribution in [0.5, 0.6) is 0 Å². The Bertz CT molecular complexity index is 1330. The molecule has 0 aliphatic rings. The second-order valence-electron chi connectivity index (χ2n) is 11.3. The maximum Gasteiger partial charge on any atom is 0.405 e. The summed E-state index contributed by atoms with van der Waals surface area (Å²) in [5, 5.41) is 20.8. The zero-order chi connectivity index (χ0) is 32.3. The van der Waals surface area contributed by atoms with Crippen molar-refractivity contribution in [2.45, 2.75) is 65.1 Å². The molecule has 0 aliphatic carbocycles. The molecule has 0 saturated carbocycles. The molecule has 2 aromatic carbocycles. The molecule has 43 heavy (non-hydrogen) atoms. The lowest BCUT2D eigenvalue weighted by atomic mass is 9.94. The van der Waals surface area contributed by atoms with E-state index in [0.717, 1.165) is 16.3 Å². The van der Waals surface area contributed by atoms with Crippen molar-refractivity contribution >= 4 is 46.3 Å². The third-order valence-corrected chi connectivity index (χ3v) is 7.08. The Labute approximate surface area is 251 Å². The Morgan fingerprint density at radius 1 is 0.860 bits per heavy atom. The number of carbonyl (C=O) groups is 6. The van der Waals surface area contributed by atoms with E-state index >= 15 is 0 Å². The fourth-order valence-corrected chi connectivity index (χ4v) is 4.56. The van der Waals surface area contributed by atoms with Crippen LogP contribution in [0.4, 0.5) is 4.79 Å². The molecule has 12 nitrogen and oxygen atoms in total. The summed E-state index contributed by atoms with van der Waals surface area (Å²) in [6.07, 6.45) is -0.542. The Hall–Kier alpha value is -4.48. The van der Waals surface area contributed by atoms with E-state index in [9.17, 15) is 28.8 Å². The van der Waals surface area contributed by atoms with Crippen molar-refractivity contribution in [1.29, 1.82) is 0 Å². The standard InChI is InChI=1S/C31H43N5O7/c1-7-19(4)26(35-28(39)23(14-18(2)3)34-31(42)43)27(38)29(40)32-17-25(37)33-24(30(41)36(5)6)16-20-12-13-21-10-8-9-11-22(21)15-20/h8-13,15,18-19,23-24,26,34H,7,14,16-17H2,1-6H3,(H,32,40)(H,33,37)(H,35,39)(H,42,43)/t19-,23-,24-,26?/m0/s1. The van der Waals surface area contributed by atoms with Gasteiger partial charge in [-0.1, -0.05) is 76.6 Å². The molecule has 2 rings (SSSR count). The number of nitrogens with zero attached hydrogens (tertiary/aromatic N) is 1. The topological polar surface area (TPSA) is 174 Å². The Morgan fingerprint density at radius 2 is 1.51 bits per heavy atom. The van der Waals surface area contributed by atoms with Crippen LogP contribution in [-0.2, 0) is 30.4 Å². The SMILES string of the molecule is CC[C@H](C)C(NC(=O)[C@H](CC(C)C)NC(=O)O)C(=O)C(=O)NCC(=O)N[C@@H](Cc1ccc2ccccc2c1)C(=O)N(C)C. The number of Topliss-reactive ketones (excluding diaryl/α,β-unsaturated/α-hetero) is 1. The number of fused-ring (bicyclic) bond motifs is 1. The third-order valence-electron chi connectivity index (χ3n) is 7.08. The average molecular weight is 598 g/mol. The molecule has 1 unspecified atom stereocenters. The van der Waals surface area contributed by atoms with Gasteiger partial charge >= 0.3 is 6.09 Å². The molecule has 12 heteroatoms. The summed E-state index contributed by atoms with van der Waals surface area (Å²) in [5.41, 5.74) is 0.832. The zero-order valence-corrected chi connectivity index (χ0v) is 25.6. The summed E-state index contributed by atoms with van der Waals surface area (Å²) in [6.45, 7) is 6.52. The first kappa shape index (κ1) is 34.7. The monoisotopic (exact) mass is 597 g/mol. The summed E-state index contributed by atoms with van der Waals surface area (Å²) >= 11 is 0. The van der Waals surface area contributed by atoms with Gasteiger partial charge in [-0.3, -0.25) is 24.0 Å². The van der Waals surface area contributed by atoms with E-state index in [1.807, 2.05) is 56.3 Å². The Morgan fingerprint density at radius 3 is 2.09 bits per heavy atom. The van der Waals surface area contributed by atoms with Gasteiger partial charge in [-0.25, -0.2) is 4.79 Å². The number of likely N-dealkylation sites (N-methyl/N-ethyl adjacent to an activating group) is 1. The van der Waals surface area contributed by atoms with Gasteiger partial charge in [-0.05, 0) is 34.6 Å². The van der Waals surface area contributed by atoms with Gasteiger partial charge in [0.15, 0.2) is 0 Å². The second-order valence-corrected chi connectivity index (χ2v) is 11.3. The summed E-state index contributed by atoms with van der Waals surface area (Å²) in [6, 6.07) is 10.3.